The first kappa shape index (κ1) is 17.0. The molecule has 0 fully saturated rings. The zero-order valence-electron chi connectivity index (χ0n) is 12.9. The van der Waals surface area contributed by atoms with Crippen LogP contribution in [0, 0.1) is 12.7 Å². The summed E-state index contributed by atoms with van der Waals surface area (Å²) in [6.07, 6.45) is 1.59. The third-order valence-corrected chi connectivity index (χ3v) is 4.74. The summed E-state index contributed by atoms with van der Waals surface area (Å²) in [7, 11) is 0. The van der Waals surface area contributed by atoms with Gasteiger partial charge in [-0.25, -0.2) is 19.2 Å². The van der Waals surface area contributed by atoms with E-state index >= 15 is 0 Å². The van der Waals surface area contributed by atoms with E-state index in [2.05, 4.69) is 25.9 Å². The van der Waals surface area contributed by atoms with E-state index in [0.29, 0.717) is 21.4 Å². The van der Waals surface area contributed by atoms with Crippen LogP contribution in [0.1, 0.15) is 15.4 Å². The van der Waals surface area contributed by atoms with Gasteiger partial charge in [-0.05, 0) is 31.2 Å². The number of nitrogens with zero attached hydrogens (tertiary/aromatic N) is 2. The lowest BCUT2D eigenvalue weighted by Crippen LogP contribution is -2.19. The number of aryl methyl sites for hydroxylation is 1. The minimum Gasteiger partial charge on any atom is -0.308 e. The molecule has 3 N–H and O–H groups in total. The molecule has 25 heavy (non-hydrogen) atoms. The van der Waals surface area contributed by atoms with Gasteiger partial charge in [0.2, 0.25) is 0 Å². The second-order valence-electron chi connectivity index (χ2n) is 4.81. The first-order chi connectivity index (χ1) is 12.0. The molecule has 0 saturated carbocycles. The molecule has 3 amide bonds. The fourth-order valence-corrected chi connectivity index (χ4v) is 3.27. The fraction of sp³-hybridized carbons (Fsp3) is 0.0667. The van der Waals surface area contributed by atoms with Crippen LogP contribution in [0.15, 0.2) is 35.8 Å². The van der Waals surface area contributed by atoms with Gasteiger partial charge in [-0.3, -0.25) is 15.4 Å². The first-order valence-electron chi connectivity index (χ1n) is 7.03. The van der Waals surface area contributed by atoms with E-state index in [1.54, 1.807) is 18.5 Å². The van der Waals surface area contributed by atoms with Crippen LogP contribution in [0.3, 0.4) is 0 Å². The molecule has 2 heterocycles. The maximum Gasteiger partial charge on any atom is 0.325 e. The molecule has 2 aromatic heterocycles. The number of amides is 3. The zero-order chi connectivity index (χ0) is 17.8. The molecular weight excluding hydrogens is 365 g/mol. The Morgan fingerprint density at radius 2 is 1.84 bits per heavy atom. The van der Waals surface area contributed by atoms with Gasteiger partial charge >= 0.3 is 6.03 Å². The van der Waals surface area contributed by atoms with Crippen molar-refractivity contribution in [1.29, 1.82) is 0 Å². The number of nitrogens with one attached hydrogen (secondary N) is 3. The van der Waals surface area contributed by atoms with Gasteiger partial charge in [0.1, 0.15) is 10.7 Å². The van der Waals surface area contributed by atoms with Crippen molar-refractivity contribution in [3.05, 3.63) is 52.2 Å². The summed E-state index contributed by atoms with van der Waals surface area (Å²) in [6.45, 7) is 1.68. The number of hydrogen-bond donors (Lipinski definition) is 3. The summed E-state index contributed by atoms with van der Waals surface area (Å²) >= 11 is 2.36. The highest BCUT2D eigenvalue weighted by molar-refractivity contribution is 7.18. The number of carbonyl (C=O) groups is 2. The Morgan fingerprint density at radius 3 is 2.52 bits per heavy atom. The highest BCUT2D eigenvalue weighted by atomic mass is 32.1. The molecular formula is C15H12FN5O2S2. The third-order valence-electron chi connectivity index (χ3n) is 2.98. The van der Waals surface area contributed by atoms with E-state index < -0.39 is 11.8 Å². The lowest BCUT2D eigenvalue weighted by molar-refractivity contribution is 0.102. The van der Waals surface area contributed by atoms with Crippen molar-refractivity contribution in [1.82, 2.24) is 9.97 Å². The fourth-order valence-electron chi connectivity index (χ4n) is 1.89. The molecule has 0 atom stereocenters. The molecule has 1 aromatic carbocycles. The highest BCUT2D eigenvalue weighted by Gasteiger charge is 2.17. The Balaban J connectivity index is 1.64. The van der Waals surface area contributed by atoms with Crippen molar-refractivity contribution >= 4 is 50.6 Å². The number of thiazole rings is 2. The van der Waals surface area contributed by atoms with Crippen LogP contribution in [0.25, 0.3) is 0 Å². The van der Waals surface area contributed by atoms with Gasteiger partial charge in [0.15, 0.2) is 10.3 Å². The molecule has 0 aliphatic heterocycles. The maximum atomic E-state index is 12.9. The van der Waals surface area contributed by atoms with Gasteiger partial charge in [-0.2, -0.15) is 0 Å². The average molecular weight is 377 g/mol. The van der Waals surface area contributed by atoms with Crippen molar-refractivity contribution in [3.8, 4) is 0 Å². The van der Waals surface area contributed by atoms with Crippen molar-refractivity contribution in [3.63, 3.8) is 0 Å². The summed E-state index contributed by atoms with van der Waals surface area (Å²) in [5.74, 6) is -0.727. The zero-order valence-corrected chi connectivity index (χ0v) is 14.5. The van der Waals surface area contributed by atoms with Crippen LogP contribution in [-0.2, 0) is 0 Å². The molecule has 0 bridgehead atoms. The van der Waals surface area contributed by atoms with Gasteiger partial charge in [0.05, 0.1) is 5.69 Å². The lowest BCUT2D eigenvalue weighted by Gasteiger charge is -2.04. The minimum absolute atomic E-state index is 0.279. The van der Waals surface area contributed by atoms with E-state index in [1.165, 1.54) is 35.6 Å². The maximum absolute atomic E-state index is 12.9. The summed E-state index contributed by atoms with van der Waals surface area (Å²) in [6, 6.07) is 4.82. The van der Waals surface area contributed by atoms with Gasteiger partial charge in [-0.1, -0.05) is 11.3 Å². The van der Waals surface area contributed by atoms with Gasteiger partial charge in [0.25, 0.3) is 5.91 Å². The summed E-state index contributed by atoms with van der Waals surface area (Å²) in [4.78, 5) is 32.7. The molecule has 0 unspecified atom stereocenters. The van der Waals surface area contributed by atoms with E-state index in [-0.39, 0.29) is 11.0 Å². The quantitative estimate of drug-likeness (QED) is 0.642. The molecule has 128 valence electrons. The van der Waals surface area contributed by atoms with Crippen LogP contribution >= 0.6 is 22.7 Å². The van der Waals surface area contributed by atoms with Gasteiger partial charge in [-0.15, -0.1) is 11.3 Å². The molecule has 0 spiro atoms. The second kappa shape index (κ2) is 7.36. The number of rotatable bonds is 4. The van der Waals surface area contributed by atoms with E-state index in [9.17, 15) is 14.0 Å². The second-order valence-corrected chi connectivity index (χ2v) is 6.70. The van der Waals surface area contributed by atoms with Crippen LogP contribution in [0.5, 0.6) is 0 Å². The van der Waals surface area contributed by atoms with Crippen molar-refractivity contribution in [2.75, 3.05) is 16.0 Å². The molecule has 0 radical (unpaired) electrons. The van der Waals surface area contributed by atoms with Crippen molar-refractivity contribution < 1.29 is 14.0 Å². The monoisotopic (exact) mass is 377 g/mol. The van der Waals surface area contributed by atoms with E-state index in [4.69, 9.17) is 0 Å². The molecule has 7 nitrogen and oxygen atoms in total. The number of anilines is 3. The lowest BCUT2D eigenvalue weighted by atomic mass is 10.3. The number of halogens is 1. The largest absolute Gasteiger partial charge is 0.325 e. The molecule has 0 aliphatic carbocycles. The molecule has 10 heteroatoms. The SMILES string of the molecule is Cc1nc(NC(=O)Nc2ccc(F)cc2)sc1C(=O)Nc1nccs1. The smallest absolute Gasteiger partial charge is 0.308 e. The summed E-state index contributed by atoms with van der Waals surface area (Å²) in [5, 5.41) is 10.3. The number of hydrogen-bond acceptors (Lipinski definition) is 6. The van der Waals surface area contributed by atoms with Crippen LogP contribution < -0.4 is 16.0 Å². The predicted molar refractivity (Wildman–Crippen MR) is 96.0 cm³/mol. The summed E-state index contributed by atoms with van der Waals surface area (Å²) in [5.41, 5.74) is 0.935. The van der Waals surface area contributed by atoms with Gasteiger partial charge in [0, 0.05) is 17.3 Å². The van der Waals surface area contributed by atoms with Crippen LogP contribution in [0.2, 0.25) is 0 Å². The Labute approximate surface area is 149 Å². The number of aromatic nitrogens is 2. The number of benzene rings is 1. The van der Waals surface area contributed by atoms with E-state index in [1.807, 2.05) is 0 Å². The van der Waals surface area contributed by atoms with Crippen molar-refractivity contribution in [2.24, 2.45) is 0 Å². The Kier molecular flexibility index (Phi) is 5.00. The van der Waals surface area contributed by atoms with Gasteiger partial charge < -0.3 is 5.32 Å². The average Bonchev–Trinajstić information content (AvgIpc) is 3.19. The Morgan fingerprint density at radius 1 is 1.08 bits per heavy atom. The van der Waals surface area contributed by atoms with Crippen molar-refractivity contribution in [2.45, 2.75) is 6.92 Å². The standard InChI is InChI=1S/C15H12FN5O2S2/c1-8-11(12(22)20-14-17-6-7-24-14)25-15(18-8)21-13(23)19-10-4-2-9(16)3-5-10/h2-7H,1H3,(H,17,20,22)(H2,18,19,21,23). The topological polar surface area (TPSA) is 96.0 Å². The van der Waals surface area contributed by atoms with Crippen LogP contribution in [0.4, 0.5) is 25.1 Å². The van der Waals surface area contributed by atoms with Crippen LogP contribution in [-0.4, -0.2) is 21.9 Å². The molecule has 3 rings (SSSR count). The molecule has 0 saturated heterocycles. The normalized spacial score (nSPS) is 10.3. The third kappa shape index (κ3) is 4.37. The van der Waals surface area contributed by atoms with E-state index in [0.717, 1.165) is 11.3 Å². The minimum atomic E-state index is -0.535. The first-order valence-corrected chi connectivity index (χ1v) is 8.73. The summed E-state index contributed by atoms with van der Waals surface area (Å²) < 4.78 is 12.9. The molecule has 3 aromatic rings. The number of urea groups is 1. The Hall–Kier alpha value is -2.85. The number of carbonyl (C=O) groups excluding carboxylic acids is 2. The predicted octanol–water partition coefficient (Wildman–Crippen LogP) is 3.94. The highest BCUT2D eigenvalue weighted by Crippen LogP contribution is 2.24. The molecule has 0 aliphatic rings. The Bertz CT molecular complexity index is 893.